The fourth-order valence-corrected chi connectivity index (χ4v) is 3.69. The first-order chi connectivity index (χ1) is 15.3. The SMILES string of the molecule is COC(=O)c1ccc(CN2C(=O)NC(=Cc3c(C)n(CC(N)=O)c4ccccc34)C2=O)o1. The molecule has 0 aliphatic carbocycles. The fourth-order valence-electron chi connectivity index (χ4n) is 3.69. The number of rotatable bonds is 6. The number of amides is 4. The topological polar surface area (TPSA) is 137 Å². The highest BCUT2D eigenvalue weighted by Crippen LogP contribution is 2.29. The van der Waals surface area contributed by atoms with Crippen LogP contribution in [0, 0.1) is 6.92 Å². The molecule has 0 bridgehead atoms. The highest BCUT2D eigenvalue weighted by molar-refractivity contribution is 6.14. The number of aromatic nitrogens is 1. The first kappa shape index (κ1) is 20.9. The van der Waals surface area contributed by atoms with Crippen molar-refractivity contribution in [2.45, 2.75) is 20.0 Å². The molecule has 2 aromatic heterocycles. The molecule has 3 N–H and O–H groups in total. The summed E-state index contributed by atoms with van der Waals surface area (Å²) in [5.41, 5.74) is 7.68. The van der Waals surface area contributed by atoms with Gasteiger partial charge in [-0.1, -0.05) is 18.2 Å². The van der Waals surface area contributed by atoms with Crippen molar-refractivity contribution in [2.75, 3.05) is 7.11 Å². The number of fused-ring (bicyclic) bond motifs is 1. The molecule has 1 aromatic carbocycles. The summed E-state index contributed by atoms with van der Waals surface area (Å²) in [6.45, 7) is 1.65. The molecule has 1 saturated heterocycles. The molecule has 4 amide bonds. The van der Waals surface area contributed by atoms with Gasteiger partial charge in [0, 0.05) is 22.2 Å². The number of benzene rings is 1. The van der Waals surface area contributed by atoms with E-state index in [4.69, 9.17) is 10.2 Å². The first-order valence-electron chi connectivity index (χ1n) is 9.68. The van der Waals surface area contributed by atoms with Crippen molar-refractivity contribution in [1.29, 1.82) is 0 Å². The summed E-state index contributed by atoms with van der Waals surface area (Å²) in [5, 5.41) is 3.38. The minimum Gasteiger partial charge on any atom is -0.463 e. The Kier molecular flexibility index (Phi) is 5.27. The van der Waals surface area contributed by atoms with Gasteiger partial charge in [-0.2, -0.15) is 0 Å². The molecule has 3 heterocycles. The molecule has 0 spiro atoms. The zero-order chi connectivity index (χ0) is 23.0. The van der Waals surface area contributed by atoms with E-state index in [0.717, 1.165) is 21.5 Å². The van der Waals surface area contributed by atoms with Crippen LogP contribution >= 0.6 is 0 Å². The van der Waals surface area contributed by atoms with Gasteiger partial charge < -0.3 is 24.8 Å². The predicted molar refractivity (Wildman–Crippen MR) is 113 cm³/mol. The molecule has 10 heteroatoms. The quantitative estimate of drug-likeness (QED) is 0.344. The van der Waals surface area contributed by atoms with E-state index in [2.05, 4.69) is 10.1 Å². The molecule has 1 aliphatic heterocycles. The third-order valence-corrected chi connectivity index (χ3v) is 5.21. The number of hydrogen-bond donors (Lipinski definition) is 2. The van der Waals surface area contributed by atoms with E-state index < -0.39 is 23.8 Å². The van der Waals surface area contributed by atoms with Crippen LogP contribution < -0.4 is 11.1 Å². The minimum atomic E-state index is -0.656. The van der Waals surface area contributed by atoms with E-state index in [9.17, 15) is 19.2 Å². The highest BCUT2D eigenvalue weighted by atomic mass is 16.5. The van der Waals surface area contributed by atoms with Crippen molar-refractivity contribution in [3.63, 3.8) is 0 Å². The van der Waals surface area contributed by atoms with Crippen molar-refractivity contribution < 1.29 is 28.3 Å². The van der Waals surface area contributed by atoms with Gasteiger partial charge in [0.2, 0.25) is 11.7 Å². The third kappa shape index (κ3) is 3.62. The van der Waals surface area contributed by atoms with Crippen molar-refractivity contribution in [1.82, 2.24) is 14.8 Å². The predicted octanol–water partition coefficient (Wildman–Crippen LogP) is 1.91. The van der Waals surface area contributed by atoms with E-state index in [0.29, 0.717) is 5.56 Å². The Balaban J connectivity index is 1.65. The second kappa shape index (κ2) is 8.06. The molecular formula is C22H20N4O6. The first-order valence-corrected chi connectivity index (χ1v) is 9.68. The number of carbonyl (C=O) groups is 4. The van der Waals surface area contributed by atoms with Crippen LogP contribution in [0.5, 0.6) is 0 Å². The molecule has 10 nitrogen and oxygen atoms in total. The number of nitrogens with one attached hydrogen (secondary N) is 1. The largest absolute Gasteiger partial charge is 0.463 e. The number of nitrogens with two attached hydrogens (primary N) is 1. The summed E-state index contributed by atoms with van der Waals surface area (Å²) in [4.78, 5) is 49.4. The number of hydrogen-bond acceptors (Lipinski definition) is 6. The highest BCUT2D eigenvalue weighted by Gasteiger charge is 2.35. The van der Waals surface area contributed by atoms with Gasteiger partial charge in [-0.3, -0.25) is 14.5 Å². The number of carbonyl (C=O) groups excluding carboxylic acids is 4. The Morgan fingerprint density at radius 2 is 1.94 bits per heavy atom. The van der Waals surface area contributed by atoms with Crippen LogP contribution in [0.3, 0.4) is 0 Å². The molecule has 1 aliphatic rings. The zero-order valence-corrected chi connectivity index (χ0v) is 17.4. The smallest absolute Gasteiger partial charge is 0.373 e. The average molecular weight is 436 g/mol. The maximum Gasteiger partial charge on any atom is 0.373 e. The lowest BCUT2D eigenvalue weighted by Crippen LogP contribution is -2.30. The Morgan fingerprint density at radius 1 is 1.19 bits per heavy atom. The van der Waals surface area contributed by atoms with Crippen molar-refractivity contribution in [2.24, 2.45) is 5.73 Å². The van der Waals surface area contributed by atoms with Crippen LogP contribution in [0.4, 0.5) is 4.79 Å². The number of primary amides is 1. The summed E-state index contributed by atoms with van der Waals surface area (Å²) in [6.07, 6.45) is 1.58. The van der Waals surface area contributed by atoms with E-state index >= 15 is 0 Å². The van der Waals surface area contributed by atoms with Crippen LogP contribution in [-0.4, -0.2) is 40.4 Å². The normalized spacial score (nSPS) is 14.9. The maximum absolute atomic E-state index is 12.9. The number of esters is 1. The number of urea groups is 1. The van der Waals surface area contributed by atoms with Gasteiger partial charge in [0.05, 0.1) is 13.7 Å². The molecule has 32 heavy (non-hydrogen) atoms. The van der Waals surface area contributed by atoms with Crippen LogP contribution in [0.15, 0.2) is 46.5 Å². The van der Waals surface area contributed by atoms with Gasteiger partial charge in [0.25, 0.3) is 5.91 Å². The van der Waals surface area contributed by atoms with E-state index in [1.54, 1.807) is 10.6 Å². The number of imide groups is 1. The third-order valence-electron chi connectivity index (χ3n) is 5.21. The number of para-hydroxylation sites is 1. The van der Waals surface area contributed by atoms with E-state index in [1.165, 1.54) is 19.2 Å². The molecule has 0 unspecified atom stereocenters. The number of furan rings is 1. The Bertz CT molecular complexity index is 1300. The van der Waals surface area contributed by atoms with Crippen LogP contribution in [0.25, 0.3) is 17.0 Å². The second-order valence-corrected chi connectivity index (χ2v) is 7.21. The fraction of sp³-hybridized carbons (Fsp3) is 0.182. The molecule has 0 radical (unpaired) electrons. The minimum absolute atomic E-state index is 0.0109. The lowest BCUT2D eigenvalue weighted by molar-refractivity contribution is -0.123. The second-order valence-electron chi connectivity index (χ2n) is 7.21. The maximum atomic E-state index is 12.9. The van der Waals surface area contributed by atoms with Crippen LogP contribution in [0.2, 0.25) is 0 Å². The molecule has 1 fully saturated rings. The van der Waals surface area contributed by atoms with Gasteiger partial charge >= 0.3 is 12.0 Å². The van der Waals surface area contributed by atoms with Gasteiger partial charge in [-0.15, -0.1) is 0 Å². The average Bonchev–Trinajstić information content (AvgIpc) is 3.42. The zero-order valence-electron chi connectivity index (χ0n) is 17.4. The van der Waals surface area contributed by atoms with Crippen molar-refractivity contribution in [3.8, 4) is 0 Å². The molecule has 0 saturated carbocycles. The number of ether oxygens (including phenoxy) is 1. The van der Waals surface area contributed by atoms with Crippen molar-refractivity contribution in [3.05, 3.63) is 64.9 Å². The van der Waals surface area contributed by atoms with Gasteiger partial charge in [-0.25, -0.2) is 9.59 Å². The molecule has 3 aromatic rings. The summed E-state index contributed by atoms with van der Waals surface area (Å²) in [5.74, 6) is -1.46. The summed E-state index contributed by atoms with van der Waals surface area (Å²) in [7, 11) is 1.22. The summed E-state index contributed by atoms with van der Waals surface area (Å²) in [6, 6.07) is 9.69. The molecule has 0 atom stereocenters. The Hall–Kier alpha value is -4.34. The molecular weight excluding hydrogens is 416 g/mol. The summed E-state index contributed by atoms with van der Waals surface area (Å²) >= 11 is 0. The lowest BCUT2D eigenvalue weighted by Gasteiger charge is -2.09. The van der Waals surface area contributed by atoms with Crippen LogP contribution in [-0.2, 0) is 27.4 Å². The Labute approximate surface area is 182 Å². The van der Waals surface area contributed by atoms with Crippen molar-refractivity contribution >= 4 is 40.8 Å². The molecule has 4 rings (SSSR count). The summed E-state index contributed by atoms with van der Waals surface area (Å²) < 4.78 is 11.7. The van der Waals surface area contributed by atoms with Crippen LogP contribution in [0.1, 0.15) is 27.6 Å². The monoisotopic (exact) mass is 436 g/mol. The van der Waals surface area contributed by atoms with E-state index in [1.807, 2.05) is 31.2 Å². The van der Waals surface area contributed by atoms with E-state index in [-0.39, 0.29) is 30.3 Å². The van der Waals surface area contributed by atoms with Gasteiger partial charge in [0.15, 0.2) is 0 Å². The number of nitrogens with zero attached hydrogens (tertiary/aromatic N) is 2. The Morgan fingerprint density at radius 3 is 2.66 bits per heavy atom. The van der Waals surface area contributed by atoms with Gasteiger partial charge in [0.1, 0.15) is 18.0 Å². The molecule has 164 valence electrons. The number of methoxy groups -OCH3 is 1. The van der Waals surface area contributed by atoms with Gasteiger partial charge in [-0.05, 0) is 31.2 Å². The lowest BCUT2D eigenvalue weighted by atomic mass is 10.1. The standard InChI is InChI=1S/C22H20N4O6/c1-12-15(14-5-3-4-6-17(14)25(12)11-19(23)27)9-16-20(28)26(22(30)24-16)10-13-7-8-18(32-13)21(29)31-2/h3-9H,10-11H2,1-2H3,(H2,23,27)(H,24,30).